The first kappa shape index (κ1) is 14.3. The predicted molar refractivity (Wildman–Crippen MR) is 78.9 cm³/mol. The molecule has 1 atom stereocenters. The first-order valence-corrected chi connectivity index (χ1v) is 7.45. The van der Waals surface area contributed by atoms with Crippen molar-refractivity contribution in [1.29, 1.82) is 0 Å². The lowest BCUT2D eigenvalue weighted by atomic mass is 10.1. The molecule has 0 saturated carbocycles. The summed E-state index contributed by atoms with van der Waals surface area (Å²) < 4.78 is 4.85. The molecule has 2 aromatic rings. The molecule has 0 aliphatic rings. The van der Waals surface area contributed by atoms with Gasteiger partial charge in [0.05, 0.1) is 33.8 Å². The third kappa shape index (κ3) is 2.60. The lowest BCUT2D eigenvalue weighted by Gasteiger charge is -2.15. The number of aromatic nitrogens is 4. The van der Waals surface area contributed by atoms with Gasteiger partial charge in [0.25, 0.3) is 0 Å². The van der Waals surface area contributed by atoms with Crippen LogP contribution in [0.5, 0.6) is 0 Å². The van der Waals surface area contributed by atoms with E-state index in [9.17, 15) is 0 Å². The molecule has 19 heavy (non-hydrogen) atoms. The number of aryl methyl sites for hydroxylation is 3. The molecule has 0 aliphatic heterocycles. The second-order valence-electron chi connectivity index (χ2n) is 4.40. The molecule has 2 rings (SSSR count). The molecule has 0 bridgehead atoms. The van der Waals surface area contributed by atoms with Crippen molar-refractivity contribution in [2.24, 2.45) is 5.73 Å². The summed E-state index contributed by atoms with van der Waals surface area (Å²) in [5.41, 5.74) is 9.54. The summed E-state index contributed by atoms with van der Waals surface area (Å²) >= 11 is 3.53. The third-order valence-corrected chi connectivity index (χ3v) is 3.88. The standard InChI is InChI=1S/C13H20BrN5/c1-4-9-7-11(18(5-2)17-9)12(15)13-10(14)8-16-19(13)6-3/h7-8,12H,4-6,15H2,1-3H3. The lowest BCUT2D eigenvalue weighted by molar-refractivity contribution is 0.554. The molecule has 104 valence electrons. The van der Waals surface area contributed by atoms with Crippen molar-refractivity contribution in [2.75, 3.05) is 0 Å². The average Bonchev–Trinajstić information content (AvgIpc) is 3.00. The Bertz CT molecular complexity index is 557. The van der Waals surface area contributed by atoms with Gasteiger partial charge >= 0.3 is 0 Å². The van der Waals surface area contributed by atoms with Crippen molar-refractivity contribution in [3.63, 3.8) is 0 Å². The quantitative estimate of drug-likeness (QED) is 0.918. The number of nitrogens with zero attached hydrogens (tertiary/aromatic N) is 4. The monoisotopic (exact) mass is 325 g/mol. The number of nitrogens with two attached hydrogens (primary N) is 1. The zero-order valence-corrected chi connectivity index (χ0v) is 13.2. The van der Waals surface area contributed by atoms with Gasteiger partial charge in [0.2, 0.25) is 0 Å². The molecule has 0 spiro atoms. The van der Waals surface area contributed by atoms with Gasteiger partial charge in [-0.15, -0.1) is 0 Å². The van der Waals surface area contributed by atoms with Crippen LogP contribution in [-0.4, -0.2) is 19.6 Å². The van der Waals surface area contributed by atoms with Crippen molar-refractivity contribution in [3.8, 4) is 0 Å². The molecule has 1 unspecified atom stereocenters. The van der Waals surface area contributed by atoms with Gasteiger partial charge in [-0.1, -0.05) is 6.92 Å². The third-order valence-electron chi connectivity index (χ3n) is 3.27. The summed E-state index contributed by atoms with van der Waals surface area (Å²) in [6.45, 7) is 7.86. The highest BCUT2D eigenvalue weighted by molar-refractivity contribution is 9.10. The van der Waals surface area contributed by atoms with Gasteiger partial charge in [-0.2, -0.15) is 10.2 Å². The van der Waals surface area contributed by atoms with Gasteiger partial charge in [0, 0.05) is 13.1 Å². The summed E-state index contributed by atoms with van der Waals surface area (Å²) in [7, 11) is 0. The number of halogens is 1. The molecule has 6 heteroatoms. The highest BCUT2D eigenvalue weighted by Gasteiger charge is 2.21. The molecule has 0 saturated heterocycles. The molecule has 0 aromatic carbocycles. The summed E-state index contributed by atoms with van der Waals surface area (Å²) in [5.74, 6) is 0. The van der Waals surface area contributed by atoms with E-state index in [2.05, 4.69) is 53.0 Å². The summed E-state index contributed by atoms with van der Waals surface area (Å²) in [6, 6.07) is 1.87. The Hall–Kier alpha value is -1.14. The van der Waals surface area contributed by atoms with Crippen molar-refractivity contribution in [1.82, 2.24) is 19.6 Å². The SMILES string of the molecule is CCc1cc(C(N)c2c(Br)cnn2CC)n(CC)n1. The second-order valence-corrected chi connectivity index (χ2v) is 5.26. The molecular weight excluding hydrogens is 306 g/mol. The summed E-state index contributed by atoms with van der Waals surface area (Å²) in [5, 5.41) is 8.88. The molecule has 0 fully saturated rings. The van der Waals surface area contributed by atoms with Crippen LogP contribution in [0.25, 0.3) is 0 Å². The van der Waals surface area contributed by atoms with Crippen LogP contribution in [0.15, 0.2) is 16.7 Å². The minimum Gasteiger partial charge on any atom is -0.318 e. The molecule has 2 N–H and O–H groups in total. The minimum absolute atomic E-state index is 0.218. The van der Waals surface area contributed by atoms with E-state index in [4.69, 9.17) is 5.73 Å². The normalized spacial score (nSPS) is 12.9. The Morgan fingerprint density at radius 1 is 1.26 bits per heavy atom. The topological polar surface area (TPSA) is 61.7 Å². The van der Waals surface area contributed by atoms with E-state index in [1.54, 1.807) is 6.20 Å². The number of rotatable bonds is 5. The molecule has 0 aliphatic carbocycles. The van der Waals surface area contributed by atoms with Crippen LogP contribution in [0.4, 0.5) is 0 Å². The van der Waals surface area contributed by atoms with Crippen LogP contribution in [0.1, 0.15) is 43.9 Å². The molecule has 0 amide bonds. The van der Waals surface area contributed by atoms with Crippen LogP contribution < -0.4 is 5.73 Å². The van der Waals surface area contributed by atoms with Crippen molar-refractivity contribution >= 4 is 15.9 Å². The average molecular weight is 326 g/mol. The van der Waals surface area contributed by atoms with Crippen LogP contribution in [0.2, 0.25) is 0 Å². The lowest BCUT2D eigenvalue weighted by Crippen LogP contribution is -2.21. The van der Waals surface area contributed by atoms with Gasteiger partial charge < -0.3 is 5.73 Å². The minimum atomic E-state index is -0.218. The van der Waals surface area contributed by atoms with Crippen LogP contribution >= 0.6 is 15.9 Å². The van der Waals surface area contributed by atoms with E-state index in [1.807, 2.05) is 9.36 Å². The van der Waals surface area contributed by atoms with E-state index in [0.29, 0.717) is 0 Å². The maximum absolute atomic E-state index is 6.43. The summed E-state index contributed by atoms with van der Waals surface area (Å²) in [6.07, 6.45) is 2.72. The Labute approximate surface area is 121 Å². The van der Waals surface area contributed by atoms with Gasteiger partial charge in [0.15, 0.2) is 0 Å². The fourth-order valence-electron chi connectivity index (χ4n) is 2.24. The zero-order valence-electron chi connectivity index (χ0n) is 11.6. The van der Waals surface area contributed by atoms with Crippen LogP contribution in [0.3, 0.4) is 0 Å². The second kappa shape index (κ2) is 5.88. The Morgan fingerprint density at radius 3 is 2.53 bits per heavy atom. The largest absolute Gasteiger partial charge is 0.318 e. The first-order valence-electron chi connectivity index (χ1n) is 6.65. The van der Waals surface area contributed by atoms with E-state index in [1.165, 1.54) is 0 Å². The van der Waals surface area contributed by atoms with Gasteiger partial charge in [-0.05, 0) is 42.3 Å². The maximum atomic E-state index is 6.43. The fourth-order valence-corrected chi connectivity index (χ4v) is 2.78. The molecule has 0 radical (unpaired) electrons. The number of hydrogen-bond acceptors (Lipinski definition) is 3. The Balaban J connectivity index is 2.45. The van der Waals surface area contributed by atoms with Crippen LogP contribution in [0, 0.1) is 0 Å². The maximum Gasteiger partial charge on any atom is 0.0905 e. The smallest absolute Gasteiger partial charge is 0.0905 e. The molecule has 2 aromatic heterocycles. The van der Waals surface area contributed by atoms with E-state index in [0.717, 1.165) is 41.1 Å². The zero-order chi connectivity index (χ0) is 14.0. The van der Waals surface area contributed by atoms with Gasteiger partial charge in [-0.25, -0.2) is 0 Å². The van der Waals surface area contributed by atoms with E-state index < -0.39 is 0 Å². The molecule has 5 nitrogen and oxygen atoms in total. The van der Waals surface area contributed by atoms with Gasteiger partial charge in [-0.3, -0.25) is 9.36 Å². The predicted octanol–water partition coefficient (Wildman–Crippen LogP) is 2.49. The molecular formula is C13H20BrN5. The highest BCUT2D eigenvalue weighted by atomic mass is 79.9. The Morgan fingerprint density at radius 2 is 1.95 bits per heavy atom. The summed E-state index contributed by atoms with van der Waals surface area (Å²) in [4.78, 5) is 0. The van der Waals surface area contributed by atoms with Crippen molar-refractivity contribution in [3.05, 3.63) is 33.8 Å². The van der Waals surface area contributed by atoms with Crippen molar-refractivity contribution in [2.45, 2.75) is 46.3 Å². The van der Waals surface area contributed by atoms with Crippen molar-refractivity contribution < 1.29 is 0 Å². The first-order chi connectivity index (χ1) is 9.12. The van der Waals surface area contributed by atoms with Crippen LogP contribution in [-0.2, 0) is 19.5 Å². The molecule has 2 heterocycles. The number of hydrogen-bond donors (Lipinski definition) is 1. The van der Waals surface area contributed by atoms with E-state index >= 15 is 0 Å². The Kier molecular flexibility index (Phi) is 4.42. The highest BCUT2D eigenvalue weighted by Crippen LogP contribution is 2.27. The van der Waals surface area contributed by atoms with Gasteiger partial charge in [0.1, 0.15) is 0 Å². The van der Waals surface area contributed by atoms with E-state index in [-0.39, 0.29) is 6.04 Å². The fraction of sp³-hybridized carbons (Fsp3) is 0.538.